The lowest BCUT2D eigenvalue weighted by atomic mass is 9.99. The van der Waals surface area contributed by atoms with Crippen LogP contribution in [0.1, 0.15) is 17.7 Å². The Balaban J connectivity index is 1.80. The molecule has 0 bridgehead atoms. The Morgan fingerprint density at radius 2 is 1.86 bits per heavy atom. The van der Waals surface area contributed by atoms with Crippen LogP contribution in [0.3, 0.4) is 0 Å². The Morgan fingerprint density at radius 1 is 1.05 bits per heavy atom. The van der Waals surface area contributed by atoms with E-state index in [1.54, 1.807) is 0 Å². The first-order valence-electron chi connectivity index (χ1n) is 6.93. The molecular formula is C16H14Cl3N3. The van der Waals surface area contributed by atoms with Crippen molar-refractivity contribution in [3.8, 4) is 0 Å². The van der Waals surface area contributed by atoms with Gasteiger partial charge in [0, 0.05) is 24.8 Å². The molecule has 2 heterocycles. The van der Waals surface area contributed by atoms with Gasteiger partial charge in [-0.3, -0.25) is 0 Å². The number of aryl methyl sites for hydroxylation is 1. The minimum absolute atomic E-state index is 0.286. The first-order chi connectivity index (χ1) is 10.5. The van der Waals surface area contributed by atoms with Crippen LogP contribution >= 0.6 is 34.8 Å². The number of aromatic nitrogens is 2. The Bertz CT molecular complexity index is 723. The summed E-state index contributed by atoms with van der Waals surface area (Å²) in [6, 6.07) is 7.70. The van der Waals surface area contributed by atoms with E-state index in [1.165, 1.54) is 5.57 Å². The van der Waals surface area contributed by atoms with Crippen LogP contribution in [0.25, 0.3) is 5.57 Å². The topological polar surface area (TPSA) is 29.0 Å². The van der Waals surface area contributed by atoms with Gasteiger partial charge < -0.3 is 4.90 Å². The molecule has 0 spiro atoms. The molecule has 0 amide bonds. The SMILES string of the molecule is Cc1cc(N2CC=C(c3ccc(Cl)c(Cl)c3)CC2)nc(Cl)n1. The van der Waals surface area contributed by atoms with Gasteiger partial charge in [0.25, 0.3) is 0 Å². The van der Waals surface area contributed by atoms with Gasteiger partial charge in [0.2, 0.25) is 5.28 Å². The lowest BCUT2D eigenvalue weighted by Gasteiger charge is -2.27. The average molecular weight is 355 g/mol. The third-order valence-corrected chi connectivity index (χ3v) is 4.54. The molecule has 114 valence electrons. The maximum absolute atomic E-state index is 6.09. The molecule has 0 N–H and O–H groups in total. The van der Waals surface area contributed by atoms with Crippen LogP contribution in [0.5, 0.6) is 0 Å². The molecule has 1 aliphatic rings. The molecule has 0 atom stereocenters. The molecular weight excluding hydrogens is 341 g/mol. The summed E-state index contributed by atoms with van der Waals surface area (Å²) in [5.41, 5.74) is 3.26. The number of halogens is 3. The quantitative estimate of drug-likeness (QED) is 0.708. The maximum atomic E-state index is 6.09. The summed E-state index contributed by atoms with van der Waals surface area (Å²) in [6.07, 6.45) is 3.10. The van der Waals surface area contributed by atoms with Crippen LogP contribution in [0.15, 0.2) is 30.3 Å². The number of hydrogen-bond acceptors (Lipinski definition) is 3. The zero-order valence-corrected chi connectivity index (χ0v) is 14.3. The zero-order chi connectivity index (χ0) is 15.7. The van der Waals surface area contributed by atoms with Gasteiger partial charge in [0.1, 0.15) is 5.82 Å². The Labute approximate surface area is 144 Å². The molecule has 0 radical (unpaired) electrons. The number of nitrogens with zero attached hydrogens (tertiary/aromatic N) is 3. The van der Waals surface area contributed by atoms with Gasteiger partial charge in [-0.05, 0) is 48.2 Å². The molecule has 1 aromatic heterocycles. The Kier molecular flexibility index (Phi) is 4.57. The lowest BCUT2D eigenvalue weighted by molar-refractivity contribution is 0.811. The summed E-state index contributed by atoms with van der Waals surface area (Å²) in [5.74, 6) is 0.863. The summed E-state index contributed by atoms with van der Waals surface area (Å²) in [6.45, 7) is 3.57. The van der Waals surface area contributed by atoms with Crippen molar-refractivity contribution < 1.29 is 0 Å². The van der Waals surface area contributed by atoms with Gasteiger partial charge in [-0.25, -0.2) is 9.97 Å². The van der Waals surface area contributed by atoms with E-state index in [0.717, 1.165) is 36.6 Å². The standard InChI is InChI=1S/C16H14Cl3N3/c1-10-8-15(21-16(19)20-10)22-6-4-11(5-7-22)12-2-3-13(17)14(18)9-12/h2-4,8-9H,5-7H2,1H3. The van der Waals surface area contributed by atoms with Crippen molar-refractivity contribution in [2.75, 3.05) is 18.0 Å². The highest BCUT2D eigenvalue weighted by molar-refractivity contribution is 6.42. The minimum Gasteiger partial charge on any atom is -0.352 e. The largest absolute Gasteiger partial charge is 0.352 e. The minimum atomic E-state index is 0.286. The van der Waals surface area contributed by atoms with Crippen molar-refractivity contribution in [2.24, 2.45) is 0 Å². The second kappa shape index (κ2) is 6.45. The predicted octanol–water partition coefficient (Wildman–Crippen LogP) is 5.04. The maximum Gasteiger partial charge on any atom is 0.224 e. The smallest absolute Gasteiger partial charge is 0.224 e. The second-order valence-electron chi connectivity index (χ2n) is 5.19. The Morgan fingerprint density at radius 3 is 2.50 bits per heavy atom. The van der Waals surface area contributed by atoms with Crippen LogP contribution < -0.4 is 4.90 Å². The fraction of sp³-hybridized carbons (Fsp3) is 0.250. The van der Waals surface area contributed by atoms with Gasteiger partial charge in [0.15, 0.2) is 0 Å². The van der Waals surface area contributed by atoms with Crippen LogP contribution in [-0.2, 0) is 0 Å². The molecule has 22 heavy (non-hydrogen) atoms. The van der Waals surface area contributed by atoms with Crippen molar-refractivity contribution in [3.63, 3.8) is 0 Å². The van der Waals surface area contributed by atoms with Crippen molar-refractivity contribution >= 4 is 46.2 Å². The van der Waals surface area contributed by atoms with Crippen molar-refractivity contribution in [2.45, 2.75) is 13.3 Å². The van der Waals surface area contributed by atoms with E-state index in [0.29, 0.717) is 10.0 Å². The van der Waals surface area contributed by atoms with Gasteiger partial charge >= 0.3 is 0 Å². The van der Waals surface area contributed by atoms with Crippen LogP contribution in [0.4, 0.5) is 5.82 Å². The fourth-order valence-corrected chi connectivity index (χ4v) is 3.03. The van der Waals surface area contributed by atoms with Crippen molar-refractivity contribution in [3.05, 3.63) is 56.9 Å². The molecule has 6 heteroatoms. The molecule has 0 saturated carbocycles. The summed E-state index contributed by atoms with van der Waals surface area (Å²) in [5, 5.41) is 1.45. The van der Waals surface area contributed by atoms with E-state index in [9.17, 15) is 0 Å². The normalized spacial score (nSPS) is 14.9. The number of anilines is 1. The highest BCUT2D eigenvalue weighted by Gasteiger charge is 2.16. The molecule has 1 aliphatic heterocycles. The Hall–Kier alpha value is -1.29. The highest BCUT2D eigenvalue weighted by Crippen LogP contribution is 2.30. The van der Waals surface area contributed by atoms with Crippen molar-refractivity contribution in [1.29, 1.82) is 0 Å². The van der Waals surface area contributed by atoms with Gasteiger partial charge in [-0.2, -0.15) is 0 Å². The van der Waals surface area contributed by atoms with Gasteiger partial charge in [-0.15, -0.1) is 0 Å². The molecule has 2 aromatic rings. The monoisotopic (exact) mass is 353 g/mol. The van der Waals surface area contributed by atoms with E-state index in [1.807, 2.05) is 31.2 Å². The zero-order valence-electron chi connectivity index (χ0n) is 12.0. The highest BCUT2D eigenvalue weighted by atomic mass is 35.5. The van der Waals surface area contributed by atoms with Crippen LogP contribution in [0, 0.1) is 6.92 Å². The van der Waals surface area contributed by atoms with E-state index in [-0.39, 0.29) is 5.28 Å². The van der Waals surface area contributed by atoms with E-state index >= 15 is 0 Å². The molecule has 0 unspecified atom stereocenters. The average Bonchev–Trinajstić information content (AvgIpc) is 2.49. The lowest BCUT2D eigenvalue weighted by Crippen LogP contribution is -2.29. The van der Waals surface area contributed by atoms with E-state index in [2.05, 4.69) is 20.9 Å². The predicted molar refractivity (Wildman–Crippen MR) is 93.0 cm³/mol. The first kappa shape index (κ1) is 15.6. The molecule has 3 rings (SSSR count). The van der Waals surface area contributed by atoms with Gasteiger partial charge in [0.05, 0.1) is 10.0 Å². The van der Waals surface area contributed by atoms with Crippen molar-refractivity contribution in [1.82, 2.24) is 9.97 Å². The molecule has 0 aliphatic carbocycles. The molecule has 1 aromatic carbocycles. The second-order valence-corrected chi connectivity index (χ2v) is 6.34. The van der Waals surface area contributed by atoms with E-state index in [4.69, 9.17) is 34.8 Å². The molecule has 0 saturated heterocycles. The van der Waals surface area contributed by atoms with Crippen LogP contribution in [-0.4, -0.2) is 23.1 Å². The summed E-state index contributed by atoms with van der Waals surface area (Å²) in [4.78, 5) is 10.6. The number of hydrogen-bond donors (Lipinski definition) is 0. The van der Waals surface area contributed by atoms with Crippen LogP contribution in [0.2, 0.25) is 15.3 Å². The number of benzene rings is 1. The summed E-state index contributed by atoms with van der Waals surface area (Å²) < 4.78 is 0. The third kappa shape index (κ3) is 3.37. The summed E-state index contributed by atoms with van der Waals surface area (Å²) in [7, 11) is 0. The number of rotatable bonds is 2. The van der Waals surface area contributed by atoms with E-state index < -0.39 is 0 Å². The summed E-state index contributed by atoms with van der Waals surface area (Å²) >= 11 is 18.0. The molecule has 0 fully saturated rings. The van der Waals surface area contributed by atoms with Gasteiger partial charge in [-0.1, -0.05) is 35.3 Å². The molecule has 3 nitrogen and oxygen atoms in total. The first-order valence-corrected chi connectivity index (χ1v) is 8.07. The third-order valence-electron chi connectivity index (χ3n) is 3.64. The fourth-order valence-electron chi connectivity index (χ4n) is 2.51.